The summed E-state index contributed by atoms with van der Waals surface area (Å²) in [6.45, 7) is 0.324. The minimum absolute atomic E-state index is 0.124. The summed E-state index contributed by atoms with van der Waals surface area (Å²) in [7, 11) is 1.59. The van der Waals surface area contributed by atoms with E-state index in [0.717, 1.165) is 5.56 Å². The van der Waals surface area contributed by atoms with Gasteiger partial charge in [-0.05, 0) is 47.2 Å². The summed E-state index contributed by atoms with van der Waals surface area (Å²) in [6, 6.07) is 13.1. The molecule has 0 saturated carbocycles. The standard InChI is InChI=1S/C20H22ClN7O4/c1-32-16-8-2-13(3-9-16)12-17(18-25-27-28(26-18)11-10-22-20(30)31)24-19(29)23-15-6-4-14(21)5-7-15/h2-9,17,22H,10-12H2,1H3,(H,30,31)(H2,23,24,29). The lowest BCUT2D eigenvalue weighted by Gasteiger charge is -2.16. The van der Waals surface area contributed by atoms with E-state index in [1.165, 1.54) is 4.80 Å². The zero-order valence-electron chi connectivity index (χ0n) is 17.2. The molecule has 32 heavy (non-hydrogen) atoms. The van der Waals surface area contributed by atoms with Crippen molar-refractivity contribution in [2.75, 3.05) is 19.0 Å². The maximum Gasteiger partial charge on any atom is 0.404 e. The van der Waals surface area contributed by atoms with Crippen molar-refractivity contribution in [2.45, 2.75) is 19.0 Å². The fourth-order valence-electron chi connectivity index (χ4n) is 2.82. The van der Waals surface area contributed by atoms with Crippen molar-refractivity contribution < 1.29 is 19.4 Å². The molecule has 0 aliphatic carbocycles. The van der Waals surface area contributed by atoms with Crippen LogP contribution in [-0.4, -0.2) is 51.1 Å². The van der Waals surface area contributed by atoms with Crippen molar-refractivity contribution in [1.82, 2.24) is 30.8 Å². The van der Waals surface area contributed by atoms with E-state index in [4.69, 9.17) is 21.4 Å². The first-order chi connectivity index (χ1) is 15.4. The van der Waals surface area contributed by atoms with Crippen LogP contribution in [0.25, 0.3) is 0 Å². The predicted molar refractivity (Wildman–Crippen MR) is 117 cm³/mol. The van der Waals surface area contributed by atoms with Gasteiger partial charge in [0.25, 0.3) is 0 Å². The molecule has 1 aromatic heterocycles. The lowest BCUT2D eigenvalue weighted by molar-refractivity contribution is 0.193. The van der Waals surface area contributed by atoms with Crippen LogP contribution in [0.2, 0.25) is 5.02 Å². The number of hydrogen-bond acceptors (Lipinski definition) is 6. The number of carboxylic acid groups (broad SMARTS) is 1. The van der Waals surface area contributed by atoms with E-state index in [9.17, 15) is 9.59 Å². The van der Waals surface area contributed by atoms with Crippen molar-refractivity contribution in [3.63, 3.8) is 0 Å². The monoisotopic (exact) mass is 459 g/mol. The molecular formula is C20H22ClN7O4. The molecule has 0 fully saturated rings. The van der Waals surface area contributed by atoms with Gasteiger partial charge < -0.3 is 25.8 Å². The number of tetrazole rings is 1. The Kier molecular flexibility index (Phi) is 7.81. The Morgan fingerprint density at radius 1 is 1.16 bits per heavy atom. The number of anilines is 1. The second kappa shape index (κ2) is 11.0. The number of amides is 3. The van der Waals surface area contributed by atoms with Gasteiger partial charge in [0.15, 0.2) is 5.82 Å². The molecule has 3 amide bonds. The summed E-state index contributed by atoms with van der Waals surface area (Å²) >= 11 is 5.88. The number of hydrogen-bond donors (Lipinski definition) is 4. The SMILES string of the molecule is COc1ccc(CC(NC(=O)Nc2ccc(Cl)cc2)c2nnn(CCNC(=O)O)n2)cc1. The highest BCUT2D eigenvalue weighted by molar-refractivity contribution is 6.30. The van der Waals surface area contributed by atoms with Gasteiger partial charge in [-0.25, -0.2) is 9.59 Å². The summed E-state index contributed by atoms with van der Waals surface area (Å²) in [5.74, 6) is 1.01. The number of halogens is 1. The number of aromatic nitrogens is 4. The van der Waals surface area contributed by atoms with E-state index in [-0.39, 0.29) is 13.1 Å². The Hall–Kier alpha value is -3.86. The molecule has 0 radical (unpaired) electrons. The van der Waals surface area contributed by atoms with Gasteiger partial charge in [-0.15, -0.1) is 10.2 Å². The number of carbonyl (C=O) groups excluding carboxylic acids is 1. The van der Waals surface area contributed by atoms with Gasteiger partial charge in [0.1, 0.15) is 5.75 Å². The van der Waals surface area contributed by atoms with Crippen LogP contribution in [0.5, 0.6) is 5.75 Å². The van der Waals surface area contributed by atoms with Crippen molar-refractivity contribution >= 4 is 29.4 Å². The fraction of sp³-hybridized carbons (Fsp3) is 0.250. The van der Waals surface area contributed by atoms with Crippen LogP contribution >= 0.6 is 11.6 Å². The zero-order valence-corrected chi connectivity index (χ0v) is 17.9. The maximum atomic E-state index is 12.6. The van der Waals surface area contributed by atoms with E-state index < -0.39 is 18.2 Å². The number of carbonyl (C=O) groups is 2. The van der Waals surface area contributed by atoms with Crippen molar-refractivity contribution in [3.05, 3.63) is 64.9 Å². The molecule has 1 heterocycles. The second-order valence-electron chi connectivity index (χ2n) is 6.69. The molecule has 3 rings (SSSR count). The fourth-order valence-corrected chi connectivity index (χ4v) is 2.94. The molecule has 0 aliphatic rings. The quantitative estimate of drug-likeness (QED) is 0.385. The first-order valence-corrected chi connectivity index (χ1v) is 10.0. The Labute approximate surface area is 188 Å². The van der Waals surface area contributed by atoms with Gasteiger partial charge in [0.05, 0.1) is 19.7 Å². The number of urea groups is 1. The topological polar surface area (TPSA) is 143 Å². The van der Waals surface area contributed by atoms with Gasteiger partial charge in [-0.1, -0.05) is 23.7 Å². The molecule has 3 aromatic rings. The van der Waals surface area contributed by atoms with Crippen LogP contribution in [0.4, 0.5) is 15.3 Å². The summed E-state index contributed by atoms with van der Waals surface area (Å²) in [5.41, 5.74) is 1.50. The van der Waals surface area contributed by atoms with Gasteiger partial charge in [0.2, 0.25) is 0 Å². The summed E-state index contributed by atoms with van der Waals surface area (Å²) < 4.78 is 5.18. The van der Waals surface area contributed by atoms with Crippen molar-refractivity contribution in [3.8, 4) is 5.75 Å². The van der Waals surface area contributed by atoms with Crippen LogP contribution in [0.1, 0.15) is 17.4 Å². The Bertz CT molecular complexity index is 1040. The highest BCUT2D eigenvalue weighted by Gasteiger charge is 2.21. The lowest BCUT2D eigenvalue weighted by Crippen LogP contribution is -2.34. The largest absolute Gasteiger partial charge is 0.497 e. The molecule has 1 atom stereocenters. The molecule has 1 unspecified atom stereocenters. The van der Waals surface area contributed by atoms with Crippen LogP contribution in [0.3, 0.4) is 0 Å². The lowest BCUT2D eigenvalue weighted by atomic mass is 10.1. The number of ether oxygens (including phenoxy) is 1. The van der Waals surface area contributed by atoms with Gasteiger partial charge in [0, 0.05) is 23.7 Å². The van der Waals surface area contributed by atoms with E-state index in [1.807, 2.05) is 24.3 Å². The van der Waals surface area contributed by atoms with E-state index in [0.29, 0.717) is 28.7 Å². The molecule has 12 heteroatoms. The third-order valence-corrected chi connectivity index (χ3v) is 4.63. The minimum atomic E-state index is -1.14. The molecule has 168 valence electrons. The molecule has 2 aromatic carbocycles. The second-order valence-corrected chi connectivity index (χ2v) is 7.12. The highest BCUT2D eigenvalue weighted by atomic mass is 35.5. The molecule has 0 saturated heterocycles. The van der Waals surface area contributed by atoms with Crippen LogP contribution < -0.4 is 20.7 Å². The van der Waals surface area contributed by atoms with Gasteiger partial charge >= 0.3 is 12.1 Å². The number of benzene rings is 2. The first kappa shape index (κ1) is 22.8. The summed E-state index contributed by atoms with van der Waals surface area (Å²) in [4.78, 5) is 24.5. The average molecular weight is 460 g/mol. The number of nitrogens with one attached hydrogen (secondary N) is 3. The Morgan fingerprint density at radius 3 is 2.53 bits per heavy atom. The van der Waals surface area contributed by atoms with Crippen molar-refractivity contribution in [1.29, 1.82) is 0 Å². The van der Waals surface area contributed by atoms with Crippen LogP contribution in [0.15, 0.2) is 48.5 Å². The Balaban J connectivity index is 1.72. The number of nitrogens with zero attached hydrogens (tertiary/aromatic N) is 4. The Morgan fingerprint density at radius 2 is 1.88 bits per heavy atom. The van der Waals surface area contributed by atoms with E-state index in [2.05, 4.69) is 31.4 Å². The summed E-state index contributed by atoms with van der Waals surface area (Å²) in [6.07, 6.45) is -0.736. The van der Waals surface area contributed by atoms with Gasteiger partial charge in [-0.2, -0.15) is 4.80 Å². The smallest absolute Gasteiger partial charge is 0.404 e. The number of methoxy groups -OCH3 is 1. The van der Waals surface area contributed by atoms with E-state index >= 15 is 0 Å². The third kappa shape index (κ3) is 6.84. The molecule has 11 nitrogen and oxygen atoms in total. The van der Waals surface area contributed by atoms with Crippen molar-refractivity contribution in [2.24, 2.45) is 0 Å². The van der Waals surface area contributed by atoms with Gasteiger partial charge in [-0.3, -0.25) is 0 Å². The molecule has 0 bridgehead atoms. The zero-order chi connectivity index (χ0) is 22.9. The normalized spacial score (nSPS) is 11.4. The predicted octanol–water partition coefficient (Wildman–Crippen LogP) is 2.71. The molecule has 0 spiro atoms. The van der Waals surface area contributed by atoms with Crippen LogP contribution in [-0.2, 0) is 13.0 Å². The number of rotatable bonds is 9. The van der Waals surface area contributed by atoms with E-state index in [1.54, 1.807) is 31.4 Å². The average Bonchev–Trinajstić information content (AvgIpc) is 3.24. The van der Waals surface area contributed by atoms with Crippen LogP contribution in [0, 0.1) is 0 Å². The molecular weight excluding hydrogens is 438 g/mol. The third-order valence-electron chi connectivity index (χ3n) is 4.37. The maximum absolute atomic E-state index is 12.6. The first-order valence-electron chi connectivity index (χ1n) is 9.63. The minimum Gasteiger partial charge on any atom is -0.497 e. The summed E-state index contributed by atoms with van der Waals surface area (Å²) in [5, 5.41) is 29.3. The molecule has 0 aliphatic heterocycles. The molecule has 4 N–H and O–H groups in total. The highest BCUT2D eigenvalue weighted by Crippen LogP contribution is 2.19.